The van der Waals surface area contributed by atoms with Crippen LogP contribution in [0.25, 0.3) is 0 Å². The molecular formula is C24H30N4O2. The molecular weight excluding hydrogens is 376 g/mol. The molecule has 2 saturated heterocycles. The van der Waals surface area contributed by atoms with Crippen LogP contribution in [0.2, 0.25) is 0 Å². The maximum Gasteiger partial charge on any atom is 0.237 e. The molecule has 6 heteroatoms. The van der Waals surface area contributed by atoms with Crippen LogP contribution >= 0.6 is 0 Å². The van der Waals surface area contributed by atoms with Gasteiger partial charge in [-0.2, -0.15) is 0 Å². The summed E-state index contributed by atoms with van der Waals surface area (Å²) in [5.41, 5.74) is 5.75. The van der Waals surface area contributed by atoms with E-state index in [2.05, 4.69) is 48.6 Å². The van der Waals surface area contributed by atoms with Gasteiger partial charge in [0, 0.05) is 25.3 Å². The SMILES string of the molecule is Cc1cccc(Cc2cc(C)nc([C@H]3CCCN3C(=O)CN3CCNC(=O)C3)c2)c1. The van der Waals surface area contributed by atoms with Crippen molar-refractivity contribution in [2.45, 2.75) is 39.2 Å². The van der Waals surface area contributed by atoms with Gasteiger partial charge in [-0.1, -0.05) is 29.8 Å². The fourth-order valence-electron chi connectivity index (χ4n) is 4.58. The molecule has 2 aliphatic heterocycles. The van der Waals surface area contributed by atoms with Crippen LogP contribution in [0.3, 0.4) is 0 Å². The molecule has 0 unspecified atom stereocenters. The molecule has 1 N–H and O–H groups in total. The Labute approximate surface area is 178 Å². The van der Waals surface area contributed by atoms with E-state index in [1.165, 1.54) is 16.7 Å². The molecule has 0 aliphatic carbocycles. The van der Waals surface area contributed by atoms with Gasteiger partial charge >= 0.3 is 0 Å². The van der Waals surface area contributed by atoms with Crippen LogP contribution in [0.4, 0.5) is 0 Å². The number of hydrogen-bond acceptors (Lipinski definition) is 4. The van der Waals surface area contributed by atoms with Crippen LogP contribution in [0.5, 0.6) is 0 Å². The van der Waals surface area contributed by atoms with E-state index in [9.17, 15) is 9.59 Å². The van der Waals surface area contributed by atoms with Gasteiger partial charge in [0.2, 0.25) is 11.8 Å². The number of carbonyl (C=O) groups excluding carboxylic acids is 2. The number of pyridine rings is 1. The summed E-state index contributed by atoms with van der Waals surface area (Å²) in [7, 11) is 0. The number of rotatable bonds is 5. The lowest BCUT2D eigenvalue weighted by molar-refractivity contribution is -0.134. The number of carbonyl (C=O) groups is 2. The number of aromatic nitrogens is 1. The Morgan fingerprint density at radius 1 is 1.17 bits per heavy atom. The predicted octanol–water partition coefficient (Wildman–Crippen LogP) is 2.38. The van der Waals surface area contributed by atoms with E-state index >= 15 is 0 Å². The van der Waals surface area contributed by atoms with E-state index in [1.54, 1.807) is 0 Å². The normalized spacial score (nSPS) is 19.7. The number of hydrogen-bond donors (Lipinski definition) is 1. The third-order valence-electron chi connectivity index (χ3n) is 5.91. The summed E-state index contributed by atoms with van der Waals surface area (Å²) < 4.78 is 0. The van der Waals surface area contributed by atoms with Gasteiger partial charge in [0.05, 0.1) is 24.8 Å². The minimum absolute atomic E-state index is 0.00633. The minimum atomic E-state index is -0.00633. The fourth-order valence-corrected chi connectivity index (χ4v) is 4.58. The third kappa shape index (κ3) is 4.87. The molecule has 2 amide bonds. The molecule has 1 aromatic heterocycles. The van der Waals surface area contributed by atoms with Crippen molar-refractivity contribution in [2.24, 2.45) is 0 Å². The van der Waals surface area contributed by atoms with Crippen molar-refractivity contribution in [3.63, 3.8) is 0 Å². The third-order valence-corrected chi connectivity index (χ3v) is 5.91. The number of nitrogens with zero attached hydrogens (tertiary/aromatic N) is 3. The first kappa shape index (κ1) is 20.5. The molecule has 6 nitrogen and oxygen atoms in total. The summed E-state index contributed by atoms with van der Waals surface area (Å²) in [6.45, 7) is 6.82. The molecule has 2 aromatic rings. The Morgan fingerprint density at radius 2 is 2.03 bits per heavy atom. The van der Waals surface area contributed by atoms with Crippen molar-refractivity contribution in [3.05, 3.63) is 64.5 Å². The van der Waals surface area contributed by atoms with E-state index in [0.717, 1.165) is 43.7 Å². The molecule has 1 atom stereocenters. The van der Waals surface area contributed by atoms with Crippen LogP contribution in [-0.2, 0) is 16.0 Å². The second-order valence-electron chi connectivity index (χ2n) is 8.51. The zero-order valence-corrected chi connectivity index (χ0v) is 17.9. The molecule has 0 saturated carbocycles. The molecule has 3 heterocycles. The number of amides is 2. The Kier molecular flexibility index (Phi) is 6.13. The lowest BCUT2D eigenvalue weighted by atomic mass is 10.0. The van der Waals surface area contributed by atoms with Crippen LogP contribution in [0.1, 0.15) is 47.0 Å². The topological polar surface area (TPSA) is 65.5 Å². The number of nitrogens with one attached hydrogen (secondary N) is 1. The largest absolute Gasteiger partial charge is 0.354 e. The Morgan fingerprint density at radius 3 is 2.83 bits per heavy atom. The van der Waals surface area contributed by atoms with Crippen LogP contribution in [-0.4, -0.2) is 59.3 Å². The highest BCUT2D eigenvalue weighted by atomic mass is 16.2. The van der Waals surface area contributed by atoms with Gasteiger partial charge in [0.25, 0.3) is 0 Å². The Hall–Kier alpha value is -2.73. The van der Waals surface area contributed by atoms with E-state index < -0.39 is 0 Å². The van der Waals surface area contributed by atoms with Crippen molar-refractivity contribution >= 4 is 11.8 Å². The second-order valence-corrected chi connectivity index (χ2v) is 8.51. The molecule has 30 heavy (non-hydrogen) atoms. The molecule has 0 bridgehead atoms. The van der Waals surface area contributed by atoms with Gasteiger partial charge < -0.3 is 10.2 Å². The van der Waals surface area contributed by atoms with E-state index in [4.69, 9.17) is 4.98 Å². The summed E-state index contributed by atoms with van der Waals surface area (Å²) in [6.07, 6.45) is 2.79. The lowest BCUT2D eigenvalue weighted by Gasteiger charge is -2.30. The first-order valence-corrected chi connectivity index (χ1v) is 10.8. The monoisotopic (exact) mass is 406 g/mol. The Bertz CT molecular complexity index is 943. The van der Waals surface area contributed by atoms with Crippen LogP contribution in [0.15, 0.2) is 36.4 Å². The van der Waals surface area contributed by atoms with Gasteiger partial charge in [-0.05, 0) is 56.4 Å². The van der Waals surface area contributed by atoms with Crippen molar-refractivity contribution in [1.82, 2.24) is 20.1 Å². The molecule has 1 aromatic carbocycles. The van der Waals surface area contributed by atoms with Gasteiger partial charge in [0.1, 0.15) is 0 Å². The highest BCUT2D eigenvalue weighted by Crippen LogP contribution is 2.32. The van der Waals surface area contributed by atoms with Crippen LogP contribution in [0, 0.1) is 13.8 Å². The molecule has 158 valence electrons. The Balaban J connectivity index is 1.49. The molecule has 2 aliphatic rings. The zero-order valence-electron chi connectivity index (χ0n) is 17.9. The summed E-state index contributed by atoms with van der Waals surface area (Å²) in [5.74, 6) is 0.0869. The van der Waals surface area contributed by atoms with Gasteiger partial charge in [0.15, 0.2) is 0 Å². The summed E-state index contributed by atoms with van der Waals surface area (Å²) in [6, 6.07) is 12.9. The number of benzene rings is 1. The summed E-state index contributed by atoms with van der Waals surface area (Å²) in [4.78, 5) is 33.3. The van der Waals surface area contributed by atoms with Crippen molar-refractivity contribution in [1.29, 1.82) is 0 Å². The first-order valence-electron chi connectivity index (χ1n) is 10.8. The molecule has 0 spiro atoms. The zero-order chi connectivity index (χ0) is 21.1. The quantitative estimate of drug-likeness (QED) is 0.828. The van der Waals surface area contributed by atoms with Crippen molar-refractivity contribution < 1.29 is 9.59 Å². The highest BCUT2D eigenvalue weighted by molar-refractivity contribution is 5.82. The average molecular weight is 407 g/mol. The standard InChI is InChI=1S/C24H30N4O2/c1-17-5-3-6-19(11-17)13-20-12-18(2)26-21(14-20)22-7-4-9-28(22)24(30)16-27-10-8-25-23(29)15-27/h3,5-6,11-12,14,22H,4,7-10,13,15-16H2,1-2H3,(H,25,29)/t22-/m1/s1. The molecule has 0 radical (unpaired) electrons. The van der Waals surface area contributed by atoms with Crippen LogP contribution < -0.4 is 5.32 Å². The minimum Gasteiger partial charge on any atom is -0.354 e. The van der Waals surface area contributed by atoms with Gasteiger partial charge in [-0.3, -0.25) is 19.5 Å². The van der Waals surface area contributed by atoms with Crippen molar-refractivity contribution in [3.8, 4) is 0 Å². The van der Waals surface area contributed by atoms with E-state index in [-0.39, 0.29) is 17.9 Å². The first-order chi connectivity index (χ1) is 14.5. The summed E-state index contributed by atoms with van der Waals surface area (Å²) in [5, 5.41) is 2.81. The molecule has 4 rings (SSSR count). The smallest absolute Gasteiger partial charge is 0.237 e. The van der Waals surface area contributed by atoms with Crippen molar-refractivity contribution in [2.75, 3.05) is 32.7 Å². The predicted molar refractivity (Wildman–Crippen MR) is 116 cm³/mol. The number of likely N-dealkylation sites (tertiary alicyclic amines) is 1. The second kappa shape index (κ2) is 8.96. The fraction of sp³-hybridized carbons (Fsp3) is 0.458. The number of piperazine rings is 1. The van der Waals surface area contributed by atoms with Gasteiger partial charge in [-0.15, -0.1) is 0 Å². The maximum atomic E-state index is 13.0. The maximum absolute atomic E-state index is 13.0. The molecule has 2 fully saturated rings. The van der Waals surface area contributed by atoms with E-state index in [1.807, 2.05) is 16.7 Å². The lowest BCUT2D eigenvalue weighted by Crippen LogP contribution is -2.51. The van der Waals surface area contributed by atoms with E-state index in [0.29, 0.717) is 19.6 Å². The highest BCUT2D eigenvalue weighted by Gasteiger charge is 2.32. The summed E-state index contributed by atoms with van der Waals surface area (Å²) >= 11 is 0. The number of aryl methyl sites for hydroxylation is 2. The average Bonchev–Trinajstić information content (AvgIpc) is 3.18. The van der Waals surface area contributed by atoms with Gasteiger partial charge in [-0.25, -0.2) is 0 Å².